The van der Waals surface area contributed by atoms with Crippen molar-refractivity contribution >= 4 is 29.9 Å². The molecule has 28 heavy (non-hydrogen) atoms. The van der Waals surface area contributed by atoms with E-state index in [0.717, 1.165) is 62.0 Å². The van der Waals surface area contributed by atoms with Crippen LogP contribution in [0, 0.1) is 11.8 Å². The molecule has 0 unspecified atom stereocenters. The van der Waals surface area contributed by atoms with Gasteiger partial charge in [0.05, 0.1) is 13.2 Å². The van der Waals surface area contributed by atoms with E-state index in [-0.39, 0.29) is 24.0 Å². The summed E-state index contributed by atoms with van der Waals surface area (Å²) < 4.78 is 11.5. The van der Waals surface area contributed by atoms with Gasteiger partial charge in [-0.25, -0.2) is 4.99 Å². The van der Waals surface area contributed by atoms with Gasteiger partial charge < -0.3 is 19.7 Å². The van der Waals surface area contributed by atoms with E-state index in [1.165, 1.54) is 32.1 Å². The zero-order valence-corrected chi connectivity index (χ0v) is 19.7. The normalized spacial score (nSPS) is 17.7. The molecule has 1 aromatic carbocycles. The van der Waals surface area contributed by atoms with Gasteiger partial charge in [0.1, 0.15) is 5.75 Å². The van der Waals surface area contributed by atoms with Gasteiger partial charge in [-0.05, 0) is 56.9 Å². The zero-order chi connectivity index (χ0) is 18.9. The molecule has 5 nitrogen and oxygen atoms in total. The first-order valence-corrected chi connectivity index (χ1v) is 10.5. The first-order chi connectivity index (χ1) is 13.3. The molecule has 1 saturated carbocycles. The van der Waals surface area contributed by atoms with Gasteiger partial charge in [0.25, 0.3) is 0 Å². The molecule has 1 heterocycles. The highest BCUT2D eigenvalue weighted by Gasteiger charge is 2.22. The van der Waals surface area contributed by atoms with Crippen molar-refractivity contribution in [2.24, 2.45) is 16.8 Å². The second kappa shape index (κ2) is 12.5. The van der Waals surface area contributed by atoms with Crippen LogP contribution in [0.2, 0.25) is 0 Å². The van der Waals surface area contributed by atoms with Crippen LogP contribution in [0.5, 0.6) is 5.75 Å². The number of rotatable bonds is 9. The van der Waals surface area contributed by atoms with Crippen molar-refractivity contribution in [1.82, 2.24) is 10.2 Å². The maximum absolute atomic E-state index is 6.03. The summed E-state index contributed by atoms with van der Waals surface area (Å²) >= 11 is 0. The quantitative estimate of drug-likeness (QED) is 0.311. The third kappa shape index (κ3) is 7.78. The topological polar surface area (TPSA) is 46.1 Å². The number of benzene rings is 1. The van der Waals surface area contributed by atoms with Crippen molar-refractivity contribution in [3.63, 3.8) is 0 Å². The SMILES string of the molecule is CCNC(=NCc1ccccc1OCC1CC1)N(C)CCC1CCOCC1.I. The van der Waals surface area contributed by atoms with Crippen molar-refractivity contribution in [1.29, 1.82) is 0 Å². The number of hydrogen-bond donors (Lipinski definition) is 1. The molecule has 1 aliphatic carbocycles. The van der Waals surface area contributed by atoms with E-state index < -0.39 is 0 Å². The van der Waals surface area contributed by atoms with E-state index in [9.17, 15) is 0 Å². The Kier molecular flexibility index (Phi) is 10.4. The van der Waals surface area contributed by atoms with Crippen molar-refractivity contribution < 1.29 is 9.47 Å². The molecule has 3 rings (SSSR count). The summed E-state index contributed by atoms with van der Waals surface area (Å²) in [7, 11) is 2.14. The summed E-state index contributed by atoms with van der Waals surface area (Å²) in [4.78, 5) is 7.13. The number of aliphatic imine (C=N–C) groups is 1. The highest BCUT2D eigenvalue weighted by molar-refractivity contribution is 14.0. The van der Waals surface area contributed by atoms with Crippen LogP contribution >= 0.6 is 24.0 Å². The van der Waals surface area contributed by atoms with Crippen molar-refractivity contribution in [3.8, 4) is 5.75 Å². The van der Waals surface area contributed by atoms with Gasteiger partial charge >= 0.3 is 0 Å². The van der Waals surface area contributed by atoms with Crippen LogP contribution in [-0.4, -0.2) is 50.8 Å². The van der Waals surface area contributed by atoms with Crippen LogP contribution in [0.15, 0.2) is 29.3 Å². The highest BCUT2D eigenvalue weighted by Crippen LogP contribution is 2.30. The number of halogens is 1. The maximum Gasteiger partial charge on any atom is 0.193 e. The van der Waals surface area contributed by atoms with E-state index in [1.807, 2.05) is 6.07 Å². The molecule has 0 amide bonds. The predicted molar refractivity (Wildman–Crippen MR) is 126 cm³/mol. The largest absolute Gasteiger partial charge is 0.493 e. The minimum Gasteiger partial charge on any atom is -0.493 e. The summed E-state index contributed by atoms with van der Waals surface area (Å²) in [5, 5.41) is 3.43. The Balaban J connectivity index is 0.00000280. The standard InChI is InChI=1S/C22H35N3O2.HI/c1-3-23-22(25(2)13-10-18-11-14-26-15-12-18)24-16-20-6-4-5-7-21(20)27-17-19-8-9-19;/h4-7,18-19H,3,8-17H2,1-2H3,(H,23,24);1H. The fraction of sp³-hybridized carbons (Fsp3) is 0.682. The second-order valence-electron chi connectivity index (χ2n) is 7.80. The van der Waals surface area contributed by atoms with Crippen LogP contribution in [0.3, 0.4) is 0 Å². The lowest BCUT2D eigenvalue weighted by molar-refractivity contribution is 0.0625. The summed E-state index contributed by atoms with van der Waals surface area (Å²) in [6.07, 6.45) is 6.19. The molecule has 0 aromatic heterocycles. The van der Waals surface area contributed by atoms with E-state index in [4.69, 9.17) is 14.5 Å². The lowest BCUT2D eigenvalue weighted by Gasteiger charge is -2.27. The van der Waals surface area contributed by atoms with E-state index in [0.29, 0.717) is 6.54 Å². The summed E-state index contributed by atoms with van der Waals surface area (Å²) in [6, 6.07) is 8.30. The highest BCUT2D eigenvalue weighted by atomic mass is 127. The number of nitrogens with zero attached hydrogens (tertiary/aromatic N) is 2. The Morgan fingerprint density at radius 3 is 2.64 bits per heavy atom. The molecule has 0 atom stereocenters. The number of ether oxygens (including phenoxy) is 2. The van der Waals surface area contributed by atoms with E-state index >= 15 is 0 Å². The van der Waals surface area contributed by atoms with Gasteiger partial charge in [-0.3, -0.25) is 0 Å². The van der Waals surface area contributed by atoms with Crippen molar-refractivity contribution in [3.05, 3.63) is 29.8 Å². The molecule has 2 aliphatic rings. The van der Waals surface area contributed by atoms with Crippen LogP contribution in [-0.2, 0) is 11.3 Å². The fourth-order valence-electron chi connectivity index (χ4n) is 3.41. The zero-order valence-electron chi connectivity index (χ0n) is 17.4. The molecule has 0 radical (unpaired) electrons. The molecule has 6 heteroatoms. The maximum atomic E-state index is 6.03. The molecule has 1 N–H and O–H groups in total. The summed E-state index contributed by atoms with van der Waals surface area (Å²) in [5.41, 5.74) is 1.16. The molecule has 0 spiro atoms. The van der Waals surface area contributed by atoms with Gasteiger partial charge in [0.2, 0.25) is 0 Å². The Labute approximate surface area is 187 Å². The molecular weight excluding hydrogens is 465 g/mol. The number of para-hydroxylation sites is 1. The minimum absolute atomic E-state index is 0. The number of hydrogen-bond acceptors (Lipinski definition) is 3. The third-order valence-electron chi connectivity index (χ3n) is 5.45. The van der Waals surface area contributed by atoms with Crippen LogP contribution in [0.1, 0.15) is 44.6 Å². The predicted octanol–water partition coefficient (Wildman–Crippen LogP) is 4.31. The van der Waals surface area contributed by atoms with Gasteiger partial charge in [-0.15, -0.1) is 24.0 Å². The van der Waals surface area contributed by atoms with Crippen molar-refractivity contribution in [2.75, 3.05) is 40.0 Å². The average molecular weight is 501 g/mol. The number of nitrogens with one attached hydrogen (secondary N) is 1. The Morgan fingerprint density at radius 1 is 1.18 bits per heavy atom. The summed E-state index contributed by atoms with van der Waals surface area (Å²) in [6.45, 7) is 7.34. The molecular formula is C22H36IN3O2. The minimum atomic E-state index is 0. The molecule has 2 fully saturated rings. The Morgan fingerprint density at radius 2 is 1.93 bits per heavy atom. The monoisotopic (exact) mass is 501 g/mol. The average Bonchev–Trinajstić information content (AvgIpc) is 3.53. The number of guanidine groups is 1. The Hall–Kier alpha value is -1.02. The van der Waals surface area contributed by atoms with Crippen LogP contribution < -0.4 is 10.1 Å². The van der Waals surface area contributed by atoms with Gasteiger partial charge in [-0.1, -0.05) is 18.2 Å². The third-order valence-corrected chi connectivity index (χ3v) is 5.45. The second-order valence-corrected chi connectivity index (χ2v) is 7.80. The van der Waals surface area contributed by atoms with Crippen molar-refractivity contribution in [2.45, 2.75) is 45.6 Å². The molecule has 158 valence electrons. The summed E-state index contributed by atoms with van der Waals surface area (Å²) in [5.74, 6) is 3.49. The van der Waals surface area contributed by atoms with Gasteiger partial charge in [0, 0.05) is 38.9 Å². The lowest BCUT2D eigenvalue weighted by atomic mass is 9.96. The van der Waals surface area contributed by atoms with E-state index in [1.54, 1.807) is 0 Å². The van der Waals surface area contributed by atoms with E-state index in [2.05, 4.69) is 42.4 Å². The van der Waals surface area contributed by atoms with Gasteiger partial charge in [-0.2, -0.15) is 0 Å². The molecule has 0 bridgehead atoms. The Bertz CT molecular complexity index is 601. The first kappa shape index (κ1) is 23.3. The molecule has 1 aliphatic heterocycles. The first-order valence-electron chi connectivity index (χ1n) is 10.5. The fourth-order valence-corrected chi connectivity index (χ4v) is 3.41. The van der Waals surface area contributed by atoms with Gasteiger partial charge in [0.15, 0.2) is 5.96 Å². The van der Waals surface area contributed by atoms with Crippen LogP contribution in [0.25, 0.3) is 0 Å². The molecule has 1 aromatic rings. The van der Waals surface area contributed by atoms with Crippen LogP contribution in [0.4, 0.5) is 0 Å². The lowest BCUT2D eigenvalue weighted by Crippen LogP contribution is -2.40. The molecule has 1 saturated heterocycles. The smallest absolute Gasteiger partial charge is 0.193 e.